The van der Waals surface area contributed by atoms with Crippen molar-refractivity contribution in [1.29, 1.82) is 0 Å². The van der Waals surface area contributed by atoms with Crippen molar-refractivity contribution in [3.63, 3.8) is 0 Å². The lowest BCUT2D eigenvalue weighted by molar-refractivity contribution is 0.832. The molecule has 1 fully saturated rings. The molecule has 0 aliphatic carbocycles. The van der Waals surface area contributed by atoms with Crippen molar-refractivity contribution in [2.75, 3.05) is 11.5 Å². The maximum absolute atomic E-state index is 5.82. The Kier molecular flexibility index (Phi) is 2.05. The van der Waals surface area contributed by atoms with Crippen LogP contribution in [0.4, 0.5) is 5.82 Å². The molecule has 1 saturated heterocycles. The first kappa shape index (κ1) is 9.03. The Balaban J connectivity index is 2.15. The van der Waals surface area contributed by atoms with Crippen LogP contribution in [0, 0.1) is 0 Å². The van der Waals surface area contributed by atoms with Crippen molar-refractivity contribution in [2.24, 2.45) is 0 Å². The number of thioether (sulfide) groups is 1. The zero-order valence-electron chi connectivity index (χ0n) is 8.26. The fraction of sp³-hybridized carbons (Fsp3) is 0.400. The smallest absolute Gasteiger partial charge is 0.161 e. The van der Waals surface area contributed by atoms with Crippen LogP contribution in [0.1, 0.15) is 23.7 Å². The monoisotopic (exact) mass is 220 g/mol. The molecule has 0 bridgehead atoms. The van der Waals surface area contributed by atoms with Crippen molar-refractivity contribution in [2.45, 2.75) is 18.1 Å². The predicted octanol–water partition coefficient (Wildman–Crippen LogP) is 1.88. The first-order chi connectivity index (χ1) is 7.36. The molecule has 3 rings (SSSR count). The molecule has 1 unspecified atom stereocenters. The van der Waals surface area contributed by atoms with Gasteiger partial charge in [0.2, 0.25) is 0 Å². The van der Waals surface area contributed by atoms with Crippen LogP contribution in [-0.2, 0) is 0 Å². The van der Waals surface area contributed by atoms with Gasteiger partial charge in [-0.2, -0.15) is 21.4 Å². The predicted molar refractivity (Wildman–Crippen MR) is 61.8 cm³/mol. The molecule has 0 radical (unpaired) electrons. The number of fused-ring (bicyclic) bond motifs is 1. The zero-order chi connectivity index (χ0) is 10.3. The lowest BCUT2D eigenvalue weighted by atomic mass is 10.1. The van der Waals surface area contributed by atoms with Gasteiger partial charge in [0.15, 0.2) is 5.65 Å². The number of nitrogen functional groups attached to an aromatic ring is 1. The second kappa shape index (κ2) is 3.41. The van der Waals surface area contributed by atoms with Crippen molar-refractivity contribution < 1.29 is 0 Å². The largest absolute Gasteiger partial charge is 0.384 e. The van der Waals surface area contributed by atoms with E-state index in [9.17, 15) is 0 Å². The molecule has 0 saturated carbocycles. The van der Waals surface area contributed by atoms with E-state index in [4.69, 9.17) is 5.73 Å². The molecular weight excluding hydrogens is 208 g/mol. The summed E-state index contributed by atoms with van der Waals surface area (Å²) in [5.41, 5.74) is 7.96. The van der Waals surface area contributed by atoms with Gasteiger partial charge in [-0.3, -0.25) is 0 Å². The molecule has 2 aromatic rings. The van der Waals surface area contributed by atoms with E-state index in [2.05, 4.69) is 10.1 Å². The molecule has 1 aliphatic heterocycles. The van der Waals surface area contributed by atoms with Crippen molar-refractivity contribution in [3.8, 4) is 0 Å². The van der Waals surface area contributed by atoms with Crippen LogP contribution < -0.4 is 5.73 Å². The summed E-state index contributed by atoms with van der Waals surface area (Å²) < 4.78 is 1.72. The molecular formula is C10H12N4S. The maximum atomic E-state index is 5.82. The van der Waals surface area contributed by atoms with Crippen molar-refractivity contribution >= 4 is 23.2 Å². The van der Waals surface area contributed by atoms with Crippen LogP contribution >= 0.6 is 11.8 Å². The van der Waals surface area contributed by atoms with Gasteiger partial charge >= 0.3 is 0 Å². The Labute approximate surface area is 91.9 Å². The Hall–Kier alpha value is -1.23. The van der Waals surface area contributed by atoms with E-state index in [1.807, 2.05) is 18.0 Å². The van der Waals surface area contributed by atoms with Gasteiger partial charge in [0, 0.05) is 17.0 Å². The molecule has 2 N–H and O–H groups in total. The number of hydrogen-bond donors (Lipinski definition) is 1. The summed E-state index contributed by atoms with van der Waals surface area (Å²) in [6, 6.07) is 1.77. The standard InChI is InChI=1S/C10H12N4S/c11-9-3-4-12-10-7(6-13-14(9)10)8-2-1-5-15-8/h3-4,6,8H,1-2,5,11H2. The lowest BCUT2D eigenvalue weighted by Gasteiger charge is -2.05. The molecule has 0 aromatic carbocycles. The maximum Gasteiger partial charge on any atom is 0.161 e. The topological polar surface area (TPSA) is 56.2 Å². The second-order valence-electron chi connectivity index (χ2n) is 3.71. The molecule has 1 atom stereocenters. The number of hydrogen-bond acceptors (Lipinski definition) is 4. The summed E-state index contributed by atoms with van der Waals surface area (Å²) in [6.45, 7) is 0. The zero-order valence-corrected chi connectivity index (χ0v) is 9.07. The first-order valence-electron chi connectivity index (χ1n) is 5.06. The van der Waals surface area contributed by atoms with Gasteiger partial charge in [-0.15, -0.1) is 0 Å². The molecule has 4 nitrogen and oxygen atoms in total. The van der Waals surface area contributed by atoms with E-state index < -0.39 is 0 Å². The molecule has 0 amide bonds. The Morgan fingerprint density at radius 1 is 1.53 bits per heavy atom. The fourth-order valence-corrected chi connectivity index (χ4v) is 3.27. The third-order valence-corrected chi connectivity index (χ3v) is 4.15. The van der Waals surface area contributed by atoms with Crippen LogP contribution in [0.3, 0.4) is 0 Å². The molecule has 78 valence electrons. The molecule has 3 heterocycles. The van der Waals surface area contributed by atoms with E-state index in [1.165, 1.54) is 24.2 Å². The minimum absolute atomic E-state index is 0.553. The van der Waals surface area contributed by atoms with Crippen LogP contribution in [-0.4, -0.2) is 20.4 Å². The normalized spacial score (nSPS) is 21.2. The highest BCUT2D eigenvalue weighted by atomic mass is 32.2. The average molecular weight is 220 g/mol. The molecule has 0 spiro atoms. The summed E-state index contributed by atoms with van der Waals surface area (Å²) in [5.74, 6) is 1.89. The van der Waals surface area contributed by atoms with E-state index in [0.717, 1.165) is 5.65 Å². The van der Waals surface area contributed by atoms with Gasteiger partial charge in [-0.25, -0.2) is 4.98 Å². The molecule has 2 aromatic heterocycles. The summed E-state index contributed by atoms with van der Waals surface area (Å²) in [4.78, 5) is 4.35. The molecule has 5 heteroatoms. The van der Waals surface area contributed by atoms with Crippen LogP contribution in [0.15, 0.2) is 18.5 Å². The fourth-order valence-electron chi connectivity index (χ4n) is 1.98. The lowest BCUT2D eigenvalue weighted by Crippen LogP contribution is -1.99. The number of anilines is 1. The highest BCUT2D eigenvalue weighted by molar-refractivity contribution is 7.99. The molecule has 15 heavy (non-hydrogen) atoms. The SMILES string of the molecule is Nc1ccnc2c(C3CCCS3)cnn12. The van der Waals surface area contributed by atoms with E-state index >= 15 is 0 Å². The Morgan fingerprint density at radius 3 is 3.27 bits per heavy atom. The summed E-state index contributed by atoms with van der Waals surface area (Å²) in [7, 11) is 0. The van der Waals surface area contributed by atoms with Crippen LogP contribution in [0.5, 0.6) is 0 Å². The van der Waals surface area contributed by atoms with Crippen LogP contribution in [0.2, 0.25) is 0 Å². The van der Waals surface area contributed by atoms with Gasteiger partial charge in [0.1, 0.15) is 5.82 Å². The minimum atomic E-state index is 0.553. The van der Waals surface area contributed by atoms with Crippen LogP contribution in [0.25, 0.3) is 5.65 Å². The van der Waals surface area contributed by atoms with E-state index in [1.54, 1.807) is 16.8 Å². The highest BCUT2D eigenvalue weighted by Gasteiger charge is 2.22. The van der Waals surface area contributed by atoms with E-state index in [0.29, 0.717) is 11.1 Å². The minimum Gasteiger partial charge on any atom is -0.384 e. The second-order valence-corrected chi connectivity index (χ2v) is 5.02. The summed E-state index contributed by atoms with van der Waals surface area (Å²) in [5, 5.41) is 4.83. The van der Waals surface area contributed by atoms with Gasteiger partial charge in [-0.05, 0) is 24.7 Å². The number of nitrogens with two attached hydrogens (primary N) is 1. The molecule has 1 aliphatic rings. The van der Waals surface area contributed by atoms with Gasteiger partial charge in [0.25, 0.3) is 0 Å². The Bertz CT molecular complexity index is 487. The number of aromatic nitrogens is 3. The van der Waals surface area contributed by atoms with Crippen molar-refractivity contribution in [1.82, 2.24) is 14.6 Å². The third kappa shape index (κ3) is 1.38. The highest BCUT2D eigenvalue weighted by Crippen LogP contribution is 2.41. The number of rotatable bonds is 1. The number of nitrogens with zero attached hydrogens (tertiary/aromatic N) is 3. The Morgan fingerprint density at radius 2 is 2.47 bits per heavy atom. The van der Waals surface area contributed by atoms with Gasteiger partial charge < -0.3 is 5.73 Å². The third-order valence-electron chi connectivity index (χ3n) is 2.73. The van der Waals surface area contributed by atoms with Gasteiger partial charge in [0.05, 0.1) is 6.20 Å². The van der Waals surface area contributed by atoms with E-state index in [-0.39, 0.29) is 0 Å². The average Bonchev–Trinajstić information content (AvgIpc) is 2.85. The first-order valence-corrected chi connectivity index (χ1v) is 6.11. The van der Waals surface area contributed by atoms with Crippen molar-refractivity contribution in [3.05, 3.63) is 24.0 Å². The quantitative estimate of drug-likeness (QED) is 0.797. The van der Waals surface area contributed by atoms with Gasteiger partial charge in [-0.1, -0.05) is 0 Å². The summed E-state index contributed by atoms with van der Waals surface area (Å²) in [6.07, 6.45) is 6.16. The summed E-state index contributed by atoms with van der Waals surface area (Å²) >= 11 is 1.99.